The van der Waals surface area contributed by atoms with Crippen molar-refractivity contribution in [1.29, 1.82) is 0 Å². The van der Waals surface area contributed by atoms with Crippen molar-refractivity contribution in [3.63, 3.8) is 0 Å². The summed E-state index contributed by atoms with van der Waals surface area (Å²) in [6, 6.07) is 3.09. The Hall–Kier alpha value is -0.980. The highest BCUT2D eigenvalue weighted by atomic mass is 127. The monoisotopic (exact) mass is 471 g/mol. The number of pyridine rings is 1. The number of sulfonamides is 1. The standard InChI is InChI=1S/C14H25N5O3S.HI/c1-3-16-14(17-8-5-11-22-2)18-9-10-19-23(20,21)13-6-4-7-15-12-13;/h4,6-7,12,19H,3,5,8-11H2,1-2H3,(H2,16,17,18);1H. The Balaban J connectivity index is 0.00000529. The van der Waals surface area contributed by atoms with Crippen LogP contribution in [0.5, 0.6) is 0 Å². The zero-order valence-corrected chi connectivity index (χ0v) is 17.1. The molecule has 3 N–H and O–H groups in total. The van der Waals surface area contributed by atoms with Crippen molar-refractivity contribution in [2.24, 2.45) is 4.99 Å². The summed E-state index contributed by atoms with van der Waals surface area (Å²) in [5.74, 6) is 0.657. The molecule has 0 fully saturated rings. The maximum atomic E-state index is 12.0. The number of hydrogen-bond acceptors (Lipinski definition) is 5. The van der Waals surface area contributed by atoms with E-state index in [0.717, 1.165) is 13.0 Å². The summed E-state index contributed by atoms with van der Waals surface area (Å²) in [5.41, 5.74) is 0. The minimum atomic E-state index is -3.52. The zero-order valence-electron chi connectivity index (χ0n) is 14.0. The molecule has 0 aliphatic carbocycles. The van der Waals surface area contributed by atoms with E-state index >= 15 is 0 Å². The molecule has 0 atom stereocenters. The number of methoxy groups -OCH3 is 1. The molecule has 1 heterocycles. The third kappa shape index (κ3) is 9.35. The van der Waals surface area contributed by atoms with E-state index in [1.807, 2.05) is 6.92 Å². The highest BCUT2D eigenvalue weighted by Crippen LogP contribution is 2.04. The first-order chi connectivity index (χ1) is 11.1. The lowest BCUT2D eigenvalue weighted by Gasteiger charge is -2.12. The van der Waals surface area contributed by atoms with Crippen molar-refractivity contribution >= 4 is 40.0 Å². The largest absolute Gasteiger partial charge is 0.385 e. The van der Waals surface area contributed by atoms with Crippen LogP contribution in [-0.2, 0) is 14.8 Å². The summed E-state index contributed by atoms with van der Waals surface area (Å²) in [6.07, 6.45) is 3.68. The van der Waals surface area contributed by atoms with Crippen LogP contribution >= 0.6 is 24.0 Å². The molecule has 0 aliphatic heterocycles. The van der Waals surface area contributed by atoms with Gasteiger partial charge < -0.3 is 15.4 Å². The molecule has 1 aromatic heterocycles. The fraction of sp³-hybridized carbons (Fsp3) is 0.571. The van der Waals surface area contributed by atoms with E-state index in [1.165, 1.54) is 18.5 Å². The van der Waals surface area contributed by atoms with Crippen LogP contribution in [0.3, 0.4) is 0 Å². The lowest BCUT2D eigenvalue weighted by Crippen LogP contribution is -2.41. The molecule has 8 nitrogen and oxygen atoms in total. The van der Waals surface area contributed by atoms with Crippen LogP contribution < -0.4 is 15.4 Å². The van der Waals surface area contributed by atoms with Gasteiger partial charge in [-0.1, -0.05) is 0 Å². The minimum absolute atomic E-state index is 0. The third-order valence-corrected chi connectivity index (χ3v) is 4.22. The maximum Gasteiger partial charge on any atom is 0.242 e. The Kier molecular flexibility index (Phi) is 12.8. The quantitative estimate of drug-likeness (QED) is 0.200. The van der Waals surface area contributed by atoms with Crippen molar-refractivity contribution < 1.29 is 13.2 Å². The molecular formula is C14H26IN5O3S. The molecule has 24 heavy (non-hydrogen) atoms. The fourth-order valence-electron chi connectivity index (χ4n) is 1.70. The molecule has 0 aliphatic rings. The average Bonchev–Trinajstić information content (AvgIpc) is 2.56. The first kappa shape index (κ1) is 23.0. The van der Waals surface area contributed by atoms with Crippen molar-refractivity contribution in [2.75, 3.05) is 39.9 Å². The van der Waals surface area contributed by atoms with Gasteiger partial charge in [-0.2, -0.15) is 0 Å². The van der Waals surface area contributed by atoms with Crippen molar-refractivity contribution in [3.05, 3.63) is 24.5 Å². The SMILES string of the molecule is CCNC(=NCCCOC)NCCNS(=O)(=O)c1cccnc1.I. The van der Waals surface area contributed by atoms with Gasteiger partial charge in [0.05, 0.1) is 0 Å². The van der Waals surface area contributed by atoms with Gasteiger partial charge in [-0.25, -0.2) is 13.1 Å². The predicted octanol–water partition coefficient (Wildman–Crippen LogP) is 0.570. The molecule has 1 rings (SSSR count). The molecule has 0 spiro atoms. The Morgan fingerprint density at radius 3 is 2.75 bits per heavy atom. The molecule has 0 saturated carbocycles. The molecule has 0 unspecified atom stereocenters. The average molecular weight is 471 g/mol. The number of aromatic nitrogens is 1. The normalized spacial score (nSPS) is 11.7. The number of nitrogens with zero attached hydrogens (tertiary/aromatic N) is 2. The Morgan fingerprint density at radius 2 is 2.12 bits per heavy atom. The molecule has 0 bridgehead atoms. The summed E-state index contributed by atoms with van der Waals surface area (Å²) in [4.78, 5) is 8.33. The molecule has 138 valence electrons. The van der Waals surface area contributed by atoms with Gasteiger partial charge in [-0.05, 0) is 25.5 Å². The van der Waals surface area contributed by atoms with E-state index in [-0.39, 0.29) is 35.4 Å². The van der Waals surface area contributed by atoms with Gasteiger partial charge in [0.25, 0.3) is 0 Å². The van der Waals surface area contributed by atoms with Gasteiger partial charge in [0.1, 0.15) is 4.90 Å². The molecule has 1 aromatic rings. The number of nitrogens with one attached hydrogen (secondary N) is 3. The Bertz CT molecular complexity index is 569. The van der Waals surface area contributed by atoms with E-state index in [0.29, 0.717) is 25.7 Å². The van der Waals surface area contributed by atoms with E-state index in [2.05, 4.69) is 25.3 Å². The summed E-state index contributed by atoms with van der Waals surface area (Å²) in [6.45, 7) is 4.68. The lowest BCUT2D eigenvalue weighted by molar-refractivity contribution is 0.197. The first-order valence-electron chi connectivity index (χ1n) is 7.51. The molecule has 0 saturated heterocycles. The number of aliphatic imine (C=N–C) groups is 1. The summed E-state index contributed by atoms with van der Waals surface area (Å²) < 4.78 is 31.5. The number of hydrogen-bond donors (Lipinski definition) is 3. The third-order valence-electron chi connectivity index (χ3n) is 2.77. The van der Waals surface area contributed by atoms with Gasteiger partial charge in [0.15, 0.2) is 5.96 Å². The molecule has 10 heteroatoms. The summed E-state index contributed by atoms with van der Waals surface area (Å²) in [5, 5.41) is 6.18. The topological polar surface area (TPSA) is 105 Å². The van der Waals surface area contributed by atoms with Gasteiger partial charge >= 0.3 is 0 Å². The van der Waals surface area contributed by atoms with Crippen LogP contribution in [0, 0.1) is 0 Å². The minimum Gasteiger partial charge on any atom is -0.385 e. The van der Waals surface area contributed by atoms with E-state index in [9.17, 15) is 8.42 Å². The number of guanidine groups is 1. The van der Waals surface area contributed by atoms with Crippen LogP contribution in [-0.4, -0.2) is 59.3 Å². The van der Waals surface area contributed by atoms with Crippen LogP contribution in [0.4, 0.5) is 0 Å². The van der Waals surface area contributed by atoms with E-state index in [1.54, 1.807) is 13.2 Å². The van der Waals surface area contributed by atoms with Crippen molar-refractivity contribution in [3.8, 4) is 0 Å². The van der Waals surface area contributed by atoms with Crippen LogP contribution in [0.15, 0.2) is 34.4 Å². The molecular weight excluding hydrogens is 445 g/mol. The Morgan fingerprint density at radius 1 is 1.33 bits per heavy atom. The number of halogens is 1. The maximum absolute atomic E-state index is 12.0. The van der Waals surface area contributed by atoms with E-state index < -0.39 is 10.0 Å². The van der Waals surface area contributed by atoms with Crippen molar-refractivity contribution in [1.82, 2.24) is 20.3 Å². The highest BCUT2D eigenvalue weighted by Gasteiger charge is 2.12. The van der Waals surface area contributed by atoms with Crippen LogP contribution in [0.1, 0.15) is 13.3 Å². The van der Waals surface area contributed by atoms with Crippen LogP contribution in [0.25, 0.3) is 0 Å². The Labute approximate surface area is 160 Å². The van der Waals surface area contributed by atoms with Crippen LogP contribution in [0.2, 0.25) is 0 Å². The molecule has 0 radical (unpaired) electrons. The highest BCUT2D eigenvalue weighted by molar-refractivity contribution is 14.0. The van der Waals surface area contributed by atoms with Gasteiger partial charge in [-0.3, -0.25) is 9.98 Å². The predicted molar refractivity (Wildman–Crippen MR) is 105 cm³/mol. The number of rotatable bonds is 10. The van der Waals surface area contributed by atoms with Gasteiger partial charge in [0.2, 0.25) is 10.0 Å². The summed E-state index contributed by atoms with van der Waals surface area (Å²) in [7, 11) is -1.87. The van der Waals surface area contributed by atoms with E-state index in [4.69, 9.17) is 4.74 Å². The van der Waals surface area contributed by atoms with Gasteiger partial charge in [-0.15, -0.1) is 24.0 Å². The molecule has 0 amide bonds. The zero-order chi connectivity index (χ0) is 17.0. The first-order valence-corrected chi connectivity index (χ1v) is 8.99. The fourth-order valence-corrected chi connectivity index (χ4v) is 2.69. The summed E-state index contributed by atoms with van der Waals surface area (Å²) >= 11 is 0. The molecule has 0 aromatic carbocycles. The second-order valence-corrected chi connectivity index (χ2v) is 6.39. The second kappa shape index (κ2) is 13.3. The van der Waals surface area contributed by atoms with Crippen molar-refractivity contribution in [2.45, 2.75) is 18.2 Å². The number of ether oxygens (including phenoxy) is 1. The second-order valence-electron chi connectivity index (χ2n) is 4.62. The lowest BCUT2D eigenvalue weighted by atomic mass is 10.5. The smallest absolute Gasteiger partial charge is 0.242 e. The van der Waals surface area contributed by atoms with Gasteiger partial charge in [0, 0.05) is 52.3 Å².